The number of hydrazone groups is 1. The van der Waals surface area contributed by atoms with Crippen LogP contribution in [0.2, 0.25) is 0 Å². The van der Waals surface area contributed by atoms with Crippen molar-refractivity contribution in [1.82, 2.24) is 5.43 Å². The quantitative estimate of drug-likeness (QED) is 0.273. The van der Waals surface area contributed by atoms with Crippen LogP contribution >= 0.6 is 15.9 Å². The van der Waals surface area contributed by atoms with Gasteiger partial charge in [0.2, 0.25) is 0 Å². The van der Waals surface area contributed by atoms with E-state index >= 15 is 0 Å². The van der Waals surface area contributed by atoms with Crippen molar-refractivity contribution in [2.24, 2.45) is 5.10 Å². The Bertz CT molecular complexity index is 1200. The number of carbonyl (C=O) groups excluding carboxylic acids is 1. The van der Waals surface area contributed by atoms with Crippen molar-refractivity contribution < 1.29 is 19.4 Å². The van der Waals surface area contributed by atoms with E-state index in [1.54, 1.807) is 30.3 Å². The molecule has 32 heavy (non-hydrogen) atoms. The Hall–Kier alpha value is -4.12. The van der Waals surface area contributed by atoms with Crippen LogP contribution < -0.4 is 10.2 Å². The molecule has 0 saturated heterocycles. The first-order chi connectivity index (χ1) is 15.3. The van der Waals surface area contributed by atoms with Gasteiger partial charge >= 0.3 is 0 Å². The summed E-state index contributed by atoms with van der Waals surface area (Å²) in [5.74, 6) is -0.0202. The monoisotopic (exact) mass is 498 g/mol. The zero-order chi connectivity index (χ0) is 23.1. The maximum atomic E-state index is 12.1. The summed E-state index contributed by atoms with van der Waals surface area (Å²) in [4.78, 5) is 32.6. The number of hydrogen-bond acceptors (Lipinski definition) is 7. The van der Waals surface area contributed by atoms with Gasteiger partial charge in [0.15, 0.2) is 0 Å². The Morgan fingerprint density at radius 2 is 1.72 bits per heavy atom. The van der Waals surface area contributed by atoms with E-state index < -0.39 is 15.8 Å². The molecule has 0 fully saturated rings. The fourth-order valence-electron chi connectivity index (χ4n) is 2.58. The second kappa shape index (κ2) is 10.3. The van der Waals surface area contributed by atoms with E-state index in [0.29, 0.717) is 15.8 Å². The fraction of sp³-hybridized carbons (Fsp3) is 0.0476. The van der Waals surface area contributed by atoms with Crippen LogP contribution in [0.5, 0.6) is 5.75 Å². The largest absolute Gasteiger partial charge is 0.488 e. The lowest BCUT2D eigenvalue weighted by molar-refractivity contribution is -0.385. The predicted octanol–water partition coefficient (Wildman–Crippen LogP) is 4.61. The molecule has 0 heterocycles. The van der Waals surface area contributed by atoms with Crippen LogP contribution in [0, 0.1) is 20.2 Å². The number of non-ortho nitro benzene ring substituents is 2. The van der Waals surface area contributed by atoms with Gasteiger partial charge in [-0.05, 0) is 63.5 Å². The standard InChI is InChI=1S/C21H15BrN4O6/c22-19-10-15(12-23-24-21(27)16-2-1-3-18(11-16)26(30)31)6-9-20(19)32-13-14-4-7-17(8-5-14)25(28)29/h1-12H,13H2,(H,24,27). The zero-order valence-corrected chi connectivity index (χ0v) is 17.9. The van der Waals surface area contributed by atoms with Gasteiger partial charge in [0.1, 0.15) is 12.4 Å². The third-order valence-electron chi connectivity index (χ3n) is 4.20. The van der Waals surface area contributed by atoms with Crippen LogP contribution in [0.25, 0.3) is 0 Å². The maximum Gasteiger partial charge on any atom is 0.271 e. The summed E-state index contributed by atoms with van der Waals surface area (Å²) in [5.41, 5.74) is 3.70. The van der Waals surface area contributed by atoms with Gasteiger partial charge < -0.3 is 4.74 Å². The molecule has 0 bridgehead atoms. The molecular weight excluding hydrogens is 484 g/mol. The van der Waals surface area contributed by atoms with Crippen LogP contribution in [0.15, 0.2) is 76.3 Å². The minimum atomic E-state index is -0.581. The van der Waals surface area contributed by atoms with Crippen molar-refractivity contribution in [2.75, 3.05) is 0 Å². The summed E-state index contributed by atoms with van der Waals surface area (Å²) in [6.45, 7) is 0.225. The second-order valence-electron chi connectivity index (χ2n) is 6.41. The number of rotatable bonds is 8. The Kier molecular flexibility index (Phi) is 7.24. The zero-order valence-electron chi connectivity index (χ0n) is 16.3. The van der Waals surface area contributed by atoms with Crippen molar-refractivity contribution in [3.8, 4) is 5.75 Å². The smallest absolute Gasteiger partial charge is 0.271 e. The minimum Gasteiger partial charge on any atom is -0.488 e. The summed E-state index contributed by atoms with van der Waals surface area (Å²) in [6, 6.07) is 16.6. The van der Waals surface area contributed by atoms with Gasteiger partial charge in [-0.15, -0.1) is 0 Å². The SMILES string of the molecule is O=C(NN=Cc1ccc(OCc2ccc([N+](=O)[O-])cc2)c(Br)c1)c1cccc([N+](=O)[O-])c1. The van der Waals surface area contributed by atoms with Gasteiger partial charge in [-0.3, -0.25) is 25.0 Å². The molecule has 3 rings (SSSR count). The molecular formula is C21H15BrN4O6. The molecule has 3 aromatic rings. The summed E-state index contributed by atoms with van der Waals surface area (Å²) in [6.07, 6.45) is 1.42. The fourth-order valence-corrected chi connectivity index (χ4v) is 3.09. The maximum absolute atomic E-state index is 12.1. The van der Waals surface area contributed by atoms with E-state index in [1.165, 1.54) is 42.6 Å². The van der Waals surface area contributed by atoms with E-state index in [2.05, 4.69) is 26.5 Å². The molecule has 0 saturated carbocycles. The molecule has 0 atom stereocenters. The molecule has 3 aromatic carbocycles. The Labute approximate surface area is 190 Å². The molecule has 0 aliphatic carbocycles. The molecule has 10 nitrogen and oxygen atoms in total. The van der Waals surface area contributed by atoms with E-state index in [1.807, 2.05) is 0 Å². The van der Waals surface area contributed by atoms with Gasteiger partial charge in [0.05, 0.1) is 20.5 Å². The van der Waals surface area contributed by atoms with Crippen molar-refractivity contribution in [2.45, 2.75) is 6.61 Å². The van der Waals surface area contributed by atoms with Crippen molar-refractivity contribution in [1.29, 1.82) is 0 Å². The Balaban J connectivity index is 1.58. The lowest BCUT2D eigenvalue weighted by Crippen LogP contribution is -2.17. The highest BCUT2D eigenvalue weighted by molar-refractivity contribution is 9.10. The number of amides is 1. The van der Waals surface area contributed by atoms with Crippen molar-refractivity contribution in [3.05, 3.63) is 108 Å². The molecule has 1 amide bonds. The first kappa shape index (κ1) is 22.6. The molecule has 0 aliphatic heterocycles. The van der Waals surface area contributed by atoms with Crippen molar-refractivity contribution >= 4 is 39.4 Å². The molecule has 1 N–H and O–H groups in total. The summed E-state index contributed by atoms with van der Waals surface area (Å²) < 4.78 is 6.37. The van der Waals surface area contributed by atoms with Crippen LogP contribution in [0.3, 0.4) is 0 Å². The predicted molar refractivity (Wildman–Crippen MR) is 120 cm³/mol. The number of nitro groups is 2. The second-order valence-corrected chi connectivity index (χ2v) is 7.26. The Morgan fingerprint density at radius 3 is 2.38 bits per heavy atom. The first-order valence-corrected chi connectivity index (χ1v) is 9.86. The topological polar surface area (TPSA) is 137 Å². The molecule has 0 aromatic heterocycles. The third-order valence-corrected chi connectivity index (χ3v) is 4.82. The number of benzene rings is 3. The van der Waals surface area contributed by atoms with E-state index in [-0.39, 0.29) is 23.5 Å². The van der Waals surface area contributed by atoms with Crippen molar-refractivity contribution in [3.63, 3.8) is 0 Å². The molecule has 162 valence electrons. The third kappa shape index (κ3) is 5.95. The lowest BCUT2D eigenvalue weighted by Gasteiger charge is -2.09. The van der Waals surface area contributed by atoms with Gasteiger partial charge in [-0.2, -0.15) is 5.10 Å². The minimum absolute atomic E-state index is 0.0103. The first-order valence-electron chi connectivity index (χ1n) is 9.07. The number of nitrogens with one attached hydrogen (secondary N) is 1. The molecule has 0 unspecified atom stereocenters. The average molecular weight is 499 g/mol. The Morgan fingerprint density at radius 1 is 1.00 bits per heavy atom. The number of hydrogen-bond donors (Lipinski definition) is 1. The molecule has 0 aliphatic rings. The van der Waals surface area contributed by atoms with E-state index in [4.69, 9.17) is 4.74 Å². The van der Waals surface area contributed by atoms with Gasteiger partial charge in [-0.1, -0.05) is 6.07 Å². The number of nitrogens with zero attached hydrogens (tertiary/aromatic N) is 3. The number of halogens is 1. The van der Waals surface area contributed by atoms with Gasteiger partial charge in [0.25, 0.3) is 17.3 Å². The van der Waals surface area contributed by atoms with Gasteiger partial charge in [-0.25, -0.2) is 5.43 Å². The number of nitro benzene ring substituents is 2. The van der Waals surface area contributed by atoms with Crippen LogP contribution in [0.4, 0.5) is 11.4 Å². The normalized spacial score (nSPS) is 10.7. The van der Waals surface area contributed by atoms with Crippen LogP contribution in [-0.4, -0.2) is 22.0 Å². The average Bonchev–Trinajstić information content (AvgIpc) is 2.78. The summed E-state index contributed by atoms with van der Waals surface area (Å²) in [5, 5.41) is 25.4. The van der Waals surface area contributed by atoms with Crippen LogP contribution in [0.1, 0.15) is 21.5 Å². The summed E-state index contributed by atoms with van der Waals surface area (Å²) in [7, 11) is 0. The number of carbonyl (C=O) groups is 1. The summed E-state index contributed by atoms with van der Waals surface area (Å²) >= 11 is 3.40. The van der Waals surface area contributed by atoms with E-state index in [9.17, 15) is 25.0 Å². The van der Waals surface area contributed by atoms with E-state index in [0.717, 1.165) is 5.56 Å². The molecule has 0 radical (unpaired) electrons. The van der Waals surface area contributed by atoms with Crippen LogP contribution in [-0.2, 0) is 6.61 Å². The highest BCUT2D eigenvalue weighted by atomic mass is 79.9. The molecule has 11 heteroatoms. The molecule has 0 spiro atoms. The highest BCUT2D eigenvalue weighted by Gasteiger charge is 2.11. The van der Waals surface area contributed by atoms with Gasteiger partial charge in [0, 0.05) is 29.8 Å². The lowest BCUT2D eigenvalue weighted by atomic mass is 10.2. The number of ether oxygens (including phenoxy) is 1. The highest BCUT2D eigenvalue weighted by Crippen LogP contribution is 2.26.